The Morgan fingerprint density at radius 1 is 1.10 bits per heavy atom. The molecule has 2 rings (SSSR count). The van der Waals surface area contributed by atoms with Gasteiger partial charge in [-0.25, -0.2) is 4.79 Å². The van der Waals surface area contributed by atoms with Gasteiger partial charge in [0.15, 0.2) is 5.75 Å². The van der Waals surface area contributed by atoms with Gasteiger partial charge >= 0.3 is 11.8 Å². The molecule has 0 radical (unpaired) electrons. The summed E-state index contributed by atoms with van der Waals surface area (Å²) in [5, 5.41) is 17.8. The van der Waals surface area contributed by atoms with E-state index in [4.69, 9.17) is 9.57 Å². The second kappa shape index (κ2) is 9.18. The normalized spacial score (nSPS) is 11.7. The molecule has 0 bridgehead atoms. The van der Waals surface area contributed by atoms with E-state index in [0.29, 0.717) is 11.4 Å². The van der Waals surface area contributed by atoms with Crippen LogP contribution >= 0.6 is 0 Å². The minimum Gasteiger partial charge on any atom is -0.480 e. The summed E-state index contributed by atoms with van der Waals surface area (Å²) in [6.45, 7) is 9.33. The smallest absolute Gasteiger partial charge is 0.437 e. The summed E-state index contributed by atoms with van der Waals surface area (Å²) in [7, 11) is 0. The number of carbonyl (C=O) groups excluding carboxylic acids is 1. The Kier molecular flexibility index (Phi) is 6.93. The molecule has 0 saturated carbocycles. The van der Waals surface area contributed by atoms with Crippen LogP contribution in [-0.2, 0) is 4.84 Å². The van der Waals surface area contributed by atoms with E-state index in [0.717, 1.165) is 11.1 Å². The molecule has 0 aliphatic rings. The molecule has 29 heavy (non-hydrogen) atoms. The van der Waals surface area contributed by atoms with E-state index in [1.807, 2.05) is 52.8 Å². The number of nitrogens with one attached hydrogen (secondary N) is 1. The monoisotopic (exact) mass is 399 g/mol. The Labute approximate surface area is 169 Å². The van der Waals surface area contributed by atoms with E-state index >= 15 is 0 Å². The number of ether oxygens (including phenoxy) is 1. The highest BCUT2D eigenvalue weighted by Gasteiger charge is 2.23. The SMILES string of the molecule is Cc1cccc(C)c1NC(=O)O/N=C(/COc1ccccc1[N+](=O)[O-])C(C)(C)C. The van der Waals surface area contributed by atoms with Crippen molar-refractivity contribution in [2.24, 2.45) is 10.6 Å². The maximum atomic E-state index is 12.2. The number of anilines is 1. The number of rotatable bonds is 6. The number of benzene rings is 2. The molecule has 0 atom stereocenters. The van der Waals surface area contributed by atoms with Gasteiger partial charge in [0.1, 0.15) is 12.3 Å². The summed E-state index contributed by atoms with van der Waals surface area (Å²) in [6, 6.07) is 11.7. The average Bonchev–Trinajstić information content (AvgIpc) is 2.64. The second-order valence-corrected chi connectivity index (χ2v) is 7.57. The highest BCUT2D eigenvalue weighted by atomic mass is 16.7. The van der Waals surface area contributed by atoms with Crippen LogP contribution in [0.2, 0.25) is 0 Å². The van der Waals surface area contributed by atoms with Gasteiger partial charge in [-0.15, -0.1) is 0 Å². The topological polar surface area (TPSA) is 103 Å². The third-order valence-electron chi connectivity index (χ3n) is 4.24. The molecule has 2 aromatic carbocycles. The lowest BCUT2D eigenvalue weighted by atomic mass is 9.90. The van der Waals surface area contributed by atoms with E-state index < -0.39 is 16.4 Å². The molecule has 154 valence electrons. The first-order valence-electron chi connectivity index (χ1n) is 9.07. The first-order chi connectivity index (χ1) is 13.6. The summed E-state index contributed by atoms with van der Waals surface area (Å²) >= 11 is 0. The molecule has 0 aliphatic heterocycles. The number of nitro groups is 1. The molecule has 0 aromatic heterocycles. The van der Waals surface area contributed by atoms with Gasteiger partial charge in [0.05, 0.1) is 4.92 Å². The number of para-hydroxylation sites is 3. The standard InChI is InChI=1S/C21H25N3O5/c1-14-9-8-10-15(2)19(14)22-20(25)29-23-18(21(3,4)5)13-28-17-12-7-6-11-16(17)24(26)27/h6-12H,13H2,1-5H3,(H,22,25)/b23-18-. The summed E-state index contributed by atoms with van der Waals surface area (Å²) in [5.41, 5.74) is 2.27. The molecule has 0 saturated heterocycles. The highest BCUT2D eigenvalue weighted by molar-refractivity contribution is 5.92. The quantitative estimate of drug-likeness (QED) is 0.310. The predicted molar refractivity (Wildman–Crippen MR) is 112 cm³/mol. The van der Waals surface area contributed by atoms with Crippen LogP contribution in [0.15, 0.2) is 47.6 Å². The number of hydrogen-bond acceptors (Lipinski definition) is 6. The predicted octanol–water partition coefficient (Wildman–Crippen LogP) is 5.24. The molecule has 1 amide bonds. The molecule has 0 aliphatic carbocycles. The van der Waals surface area contributed by atoms with Gasteiger partial charge in [-0.05, 0) is 31.0 Å². The van der Waals surface area contributed by atoms with Crippen LogP contribution in [0.3, 0.4) is 0 Å². The lowest BCUT2D eigenvalue weighted by Gasteiger charge is -2.20. The maximum Gasteiger partial charge on any atom is 0.437 e. The van der Waals surface area contributed by atoms with Crippen molar-refractivity contribution in [3.63, 3.8) is 0 Å². The minimum absolute atomic E-state index is 0.0645. The zero-order valence-corrected chi connectivity index (χ0v) is 17.2. The van der Waals surface area contributed by atoms with Crippen molar-refractivity contribution in [1.29, 1.82) is 0 Å². The molecule has 2 aromatic rings. The molecule has 1 N–H and O–H groups in total. The zero-order chi connectivity index (χ0) is 21.6. The van der Waals surface area contributed by atoms with Gasteiger partial charge in [0, 0.05) is 17.2 Å². The third-order valence-corrected chi connectivity index (χ3v) is 4.24. The Bertz CT molecular complexity index is 912. The first-order valence-corrected chi connectivity index (χ1v) is 9.07. The lowest BCUT2D eigenvalue weighted by molar-refractivity contribution is -0.385. The number of nitrogens with zero attached hydrogens (tertiary/aromatic N) is 2. The molecule has 0 fully saturated rings. The van der Waals surface area contributed by atoms with Crippen molar-refractivity contribution in [3.8, 4) is 5.75 Å². The third kappa shape index (κ3) is 6.03. The molecule has 8 nitrogen and oxygen atoms in total. The largest absolute Gasteiger partial charge is 0.480 e. The van der Waals surface area contributed by atoms with E-state index in [1.54, 1.807) is 12.1 Å². The summed E-state index contributed by atoms with van der Waals surface area (Å²) < 4.78 is 5.59. The van der Waals surface area contributed by atoms with E-state index in [2.05, 4.69) is 10.5 Å². The molecule has 0 spiro atoms. The summed E-state index contributed by atoms with van der Waals surface area (Å²) in [6.07, 6.45) is -0.727. The van der Waals surface area contributed by atoms with Crippen LogP contribution in [-0.4, -0.2) is 23.3 Å². The average molecular weight is 399 g/mol. The zero-order valence-electron chi connectivity index (χ0n) is 17.2. The maximum absolute atomic E-state index is 12.2. The van der Waals surface area contributed by atoms with Crippen molar-refractivity contribution < 1.29 is 19.3 Å². The second-order valence-electron chi connectivity index (χ2n) is 7.57. The molecular formula is C21H25N3O5. The summed E-state index contributed by atoms with van der Waals surface area (Å²) in [4.78, 5) is 27.8. The highest BCUT2D eigenvalue weighted by Crippen LogP contribution is 2.27. The number of amides is 1. The fourth-order valence-electron chi connectivity index (χ4n) is 2.49. The van der Waals surface area contributed by atoms with Crippen molar-refractivity contribution in [1.82, 2.24) is 0 Å². The number of nitro benzene ring substituents is 1. The van der Waals surface area contributed by atoms with Crippen LogP contribution in [0.25, 0.3) is 0 Å². The van der Waals surface area contributed by atoms with Crippen LogP contribution < -0.4 is 10.1 Å². The fraction of sp³-hybridized carbons (Fsp3) is 0.333. The van der Waals surface area contributed by atoms with Crippen LogP contribution in [0.5, 0.6) is 5.75 Å². The van der Waals surface area contributed by atoms with Gasteiger partial charge in [-0.3, -0.25) is 20.3 Å². The Balaban J connectivity index is 2.11. The van der Waals surface area contributed by atoms with Crippen LogP contribution in [0.4, 0.5) is 16.2 Å². The number of oxime groups is 1. The Morgan fingerprint density at radius 2 is 1.72 bits per heavy atom. The molecule has 0 unspecified atom stereocenters. The van der Waals surface area contributed by atoms with E-state index in [1.165, 1.54) is 12.1 Å². The fourth-order valence-corrected chi connectivity index (χ4v) is 2.49. The van der Waals surface area contributed by atoms with Gasteiger partial charge in [0.25, 0.3) is 0 Å². The van der Waals surface area contributed by atoms with Crippen molar-refractivity contribution in [2.45, 2.75) is 34.6 Å². The molecule has 0 heterocycles. The molecule has 8 heteroatoms. The van der Waals surface area contributed by atoms with Crippen molar-refractivity contribution >= 4 is 23.2 Å². The van der Waals surface area contributed by atoms with Gasteiger partial charge in [-0.2, -0.15) is 0 Å². The van der Waals surface area contributed by atoms with Gasteiger partial charge < -0.3 is 4.74 Å². The Hall–Kier alpha value is -3.42. The van der Waals surface area contributed by atoms with Crippen LogP contribution in [0.1, 0.15) is 31.9 Å². The number of hydrogen-bond donors (Lipinski definition) is 1. The Morgan fingerprint density at radius 3 is 2.31 bits per heavy atom. The van der Waals surface area contributed by atoms with Gasteiger partial charge in [-0.1, -0.05) is 56.3 Å². The summed E-state index contributed by atoms with van der Waals surface area (Å²) in [5.74, 6) is 0.120. The molecular weight excluding hydrogens is 374 g/mol. The lowest BCUT2D eigenvalue weighted by Crippen LogP contribution is -2.28. The van der Waals surface area contributed by atoms with Crippen molar-refractivity contribution in [3.05, 3.63) is 63.7 Å². The number of aryl methyl sites for hydroxylation is 2. The van der Waals surface area contributed by atoms with Crippen molar-refractivity contribution in [2.75, 3.05) is 11.9 Å². The van der Waals surface area contributed by atoms with E-state index in [9.17, 15) is 14.9 Å². The van der Waals surface area contributed by atoms with Crippen LogP contribution in [0, 0.1) is 29.4 Å². The first kappa shape index (κ1) is 21.9. The number of carbonyl (C=O) groups is 1. The van der Waals surface area contributed by atoms with Gasteiger partial charge in [0.2, 0.25) is 0 Å². The van der Waals surface area contributed by atoms with E-state index in [-0.39, 0.29) is 18.0 Å². The minimum atomic E-state index is -0.727.